The summed E-state index contributed by atoms with van der Waals surface area (Å²) in [6, 6.07) is 5.65. The Morgan fingerprint density at radius 1 is 1.40 bits per heavy atom. The number of rotatable bonds is 5. The third-order valence-electron chi connectivity index (χ3n) is 2.79. The van der Waals surface area contributed by atoms with E-state index in [1.165, 1.54) is 19.3 Å². The lowest BCUT2D eigenvalue weighted by Gasteiger charge is -2.15. The van der Waals surface area contributed by atoms with E-state index in [0.717, 1.165) is 12.1 Å². The van der Waals surface area contributed by atoms with Gasteiger partial charge in [0.1, 0.15) is 17.6 Å². The summed E-state index contributed by atoms with van der Waals surface area (Å²) in [6.07, 6.45) is 1.38. The van der Waals surface area contributed by atoms with Crippen LogP contribution in [-0.2, 0) is 10.0 Å². The molecule has 5 nitrogen and oxygen atoms in total. The summed E-state index contributed by atoms with van der Waals surface area (Å²) < 4.78 is 44.9. The van der Waals surface area contributed by atoms with Gasteiger partial charge < -0.3 is 9.52 Å². The molecule has 1 atom stereocenters. The molecule has 0 saturated heterocycles. The summed E-state index contributed by atoms with van der Waals surface area (Å²) in [5.74, 6) is -0.206. The Hall–Kier alpha value is -1.70. The van der Waals surface area contributed by atoms with E-state index >= 15 is 0 Å². The monoisotopic (exact) mass is 299 g/mol. The first-order chi connectivity index (χ1) is 9.44. The fraction of sp³-hybridized carbons (Fsp3) is 0.231. The van der Waals surface area contributed by atoms with E-state index in [1.807, 2.05) is 0 Å². The Morgan fingerprint density at radius 3 is 2.70 bits per heavy atom. The Morgan fingerprint density at radius 2 is 2.15 bits per heavy atom. The Balaban J connectivity index is 2.31. The number of nitrogens with one attached hydrogen (secondary N) is 1. The lowest BCUT2D eigenvalue weighted by molar-refractivity contribution is 0.242. The van der Waals surface area contributed by atoms with Crippen molar-refractivity contribution in [3.8, 4) is 0 Å². The first-order valence-electron chi connectivity index (χ1n) is 5.87. The van der Waals surface area contributed by atoms with Crippen molar-refractivity contribution in [2.75, 3.05) is 6.61 Å². The van der Waals surface area contributed by atoms with Gasteiger partial charge in [0.25, 0.3) is 0 Å². The molecule has 0 spiro atoms. The molecule has 108 valence electrons. The highest BCUT2D eigenvalue weighted by atomic mass is 32.2. The fourth-order valence-corrected chi connectivity index (χ4v) is 3.26. The number of hydrogen-bond donors (Lipinski definition) is 2. The molecule has 1 aromatic heterocycles. The SMILES string of the molecule is Cc1cc(F)ccc1S(=O)(=O)NC(CO)c1ccco1. The normalized spacial score (nSPS) is 13.3. The topological polar surface area (TPSA) is 79.5 Å². The van der Waals surface area contributed by atoms with Crippen LogP contribution in [0.1, 0.15) is 17.4 Å². The van der Waals surface area contributed by atoms with Crippen molar-refractivity contribution in [1.29, 1.82) is 0 Å². The van der Waals surface area contributed by atoms with Crippen LogP contribution in [0.15, 0.2) is 45.9 Å². The molecule has 0 aliphatic heterocycles. The van der Waals surface area contributed by atoms with Crippen molar-refractivity contribution in [1.82, 2.24) is 4.72 Å². The second-order valence-electron chi connectivity index (χ2n) is 4.28. The number of benzene rings is 1. The molecule has 0 radical (unpaired) electrons. The van der Waals surface area contributed by atoms with E-state index in [0.29, 0.717) is 5.76 Å². The van der Waals surface area contributed by atoms with Crippen LogP contribution in [0.4, 0.5) is 4.39 Å². The predicted molar refractivity (Wildman–Crippen MR) is 70.0 cm³/mol. The highest BCUT2D eigenvalue weighted by molar-refractivity contribution is 7.89. The van der Waals surface area contributed by atoms with Crippen LogP contribution in [0, 0.1) is 12.7 Å². The van der Waals surface area contributed by atoms with E-state index in [2.05, 4.69) is 4.72 Å². The van der Waals surface area contributed by atoms with Crippen LogP contribution < -0.4 is 4.72 Å². The summed E-state index contributed by atoms with van der Waals surface area (Å²) in [5, 5.41) is 9.27. The third kappa shape index (κ3) is 3.06. The van der Waals surface area contributed by atoms with Crippen LogP contribution in [0.2, 0.25) is 0 Å². The number of aliphatic hydroxyl groups excluding tert-OH is 1. The van der Waals surface area contributed by atoms with E-state index in [1.54, 1.807) is 12.1 Å². The molecule has 1 heterocycles. The second-order valence-corrected chi connectivity index (χ2v) is 5.96. The summed E-state index contributed by atoms with van der Waals surface area (Å²) >= 11 is 0. The van der Waals surface area contributed by atoms with Crippen molar-refractivity contribution in [2.24, 2.45) is 0 Å². The van der Waals surface area contributed by atoms with E-state index in [4.69, 9.17) is 4.42 Å². The molecule has 1 aromatic carbocycles. The minimum Gasteiger partial charge on any atom is -0.468 e. The molecule has 7 heteroatoms. The summed E-state index contributed by atoms with van der Waals surface area (Å²) in [5.41, 5.74) is 0.286. The zero-order valence-electron chi connectivity index (χ0n) is 10.7. The average molecular weight is 299 g/mol. The second kappa shape index (κ2) is 5.74. The molecule has 0 bridgehead atoms. The maximum atomic E-state index is 13.0. The van der Waals surface area contributed by atoms with Gasteiger partial charge in [0.2, 0.25) is 10.0 Å². The van der Waals surface area contributed by atoms with Gasteiger partial charge in [0.15, 0.2) is 0 Å². The highest BCUT2D eigenvalue weighted by Gasteiger charge is 2.24. The van der Waals surface area contributed by atoms with E-state index < -0.39 is 28.5 Å². The zero-order valence-corrected chi connectivity index (χ0v) is 11.5. The quantitative estimate of drug-likeness (QED) is 0.881. The van der Waals surface area contributed by atoms with Gasteiger partial charge in [0.05, 0.1) is 17.8 Å². The smallest absolute Gasteiger partial charge is 0.241 e. The van der Waals surface area contributed by atoms with Crippen LogP contribution in [0.5, 0.6) is 0 Å². The number of aliphatic hydroxyl groups is 1. The fourth-order valence-electron chi connectivity index (χ4n) is 1.84. The minimum absolute atomic E-state index is 0.0380. The molecule has 20 heavy (non-hydrogen) atoms. The number of furan rings is 1. The predicted octanol–water partition coefficient (Wildman–Crippen LogP) is 1.74. The standard InChI is InChI=1S/C13H14FNO4S/c1-9-7-10(14)4-5-13(9)20(17,18)15-11(8-16)12-3-2-6-19-12/h2-7,11,15-16H,8H2,1H3. The lowest BCUT2D eigenvalue weighted by atomic mass is 10.2. The van der Waals surface area contributed by atoms with Gasteiger partial charge in [0, 0.05) is 0 Å². The number of halogens is 1. The van der Waals surface area contributed by atoms with Gasteiger partial charge in [-0.05, 0) is 42.8 Å². The van der Waals surface area contributed by atoms with Crippen molar-refractivity contribution >= 4 is 10.0 Å². The first kappa shape index (κ1) is 14.7. The minimum atomic E-state index is -3.88. The molecular weight excluding hydrogens is 285 g/mol. The summed E-state index contributed by atoms with van der Waals surface area (Å²) in [6.45, 7) is 1.05. The van der Waals surface area contributed by atoms with Gasteiger partial charge in [-0.2, -0.15) is 4.72 Å². The first-order valence-corrected chi connectivity index (χ1v) is 7.35. The highest BCUT2D eigenvalue weighted by Crippen LogP contribution is 2.20. The molecule has 0 aliphatic carbocycles. The maximum Gasteiger partial charge on any atom is 0.241 e. The molecule has 0 amide bonds. The Kier molecular flexibility index (Phi) is 4.22. The number of hydrogen-bond acceptors (Lipinski definition) is 4. The molecule has 0 aliphatic rings. The molecule has 2 rings (SSSR count). The molecular formula is C13H14FNO4S. The molecule has 2 N–H and O–H groups in total. The van der Waals surface area contributed by atoms with Crippen molar-refractivity contribution in [2.45, 2.75) is 17.9 Å². The van der Waals surface area contributed by atoms with Crippen LogP contribution in [-0.4, -0.2) is 20.1 Å². The van der Waals surface area contributed by atoms with Gasteiger partial charge in [-0.15, -0.1) is 0 Å². The number of aryl methyl sites for hydroxylation is 1. The van der Waals surface area contributed by atoms with Crippen molar-refractivity contribution in [3.63, 3.8) is 0 Å². The maximum absolute atomic E-state index is 13.0. The van der Waals surface area contributed by atoms with E-state index in [9.17, 15) is 17.9 Å². The summed E-state index contributed by atoms with van der Waals surface area (Å²) in [4.78, 5) is -0.0380. The van der Waals surface area contributed by atoms with Gasteiger partial charge in [-0.3, -0.25) is 0 Å². The molecule has 0 saturated carbocycles. The van der Waals surface area contributed by atoms with Crippen LogP contribution >= 0.6 is 0 Å². The van der Waals surface area contributed by atoms with Crippen LogP contribution in [0.25, 0.3) is 0 Å². The average Bonchev–Trinajstić information content (AvgIpc) is 2.89. The number of sulfonamides is 1. The van der Waals surface area contributed by atoms with Crippen LogP contribution in [0.3, 0.4) is 0 Å². The Labute approximate surface area is 116 Å². The Bertz CT molecular complexity index is 682. The van der Waals surface area contributed by atoms with E-state index in [-0.39, 0.29) is 10.5 Å². The van der Waals surface area contributed by atoms with Gasteiger partial charge >= 0.3 is 0 Å². The zero-order chi connectivity index (χ0) is 14.8. The van der Waals surface area contributed by atoms with Crippen molar-refractivity contribution in [3.05, 3.63) is 53.7 Å². The summed E-state index contributed by atoms with van der Waals surface area (Å²) in [7, 11) is -3.88. The van der Waals surface area contributed by atoms with Gasteiger partial charge in [-0.25, -0.2) is 12.8 Å². The largest absolute Gasteiger partial charge is 0.468 e. The molecule has 1 unspecified atom stereocenters. The molecule has 2 aromatic rings. The van der Waals surface area contributed by atoms with Gasteiger partial charge in [-0.1, -0.05) is 0 Å². The lowest BCUT2D eigenvalue weighted by Crippen LogP contribution is -2.31. The van der Waals surface area contributed by atoms with Crippen molar-refractivity contribution < 1.29 is 22.3 Å². The molecule has 0 fully saturated rings. The third-order valence-corrected chi connectivity index (χ3v) is 4.43.